The van der Waals surface area contributed by atoms with Crippen molar-refractivity contribution in [1.82, 2.24) is 0 Å². The molecule has 2 unspecified atom stereocenters. The first-order valence-electron chi connectivity index (χ1n) is 6.37. The molecule has 2 rings (SSSR count). The molecule has 1 N–H and O–H groups in total. The van der Waals surface area contributed by atoms with E-state index >= 15 is 0 Å². The predicted molar refractivity (Wildman–Crippen MR) is 69.4 cm³/mol. The van der Waals surface area contributed by atoms with E-state index in [2.05, 4.69) is 26.8 Å². The van der Waals surface area contributed by atoms with Crippen molar-refractivity contribution in [3.8, 4) is 5.75 Å². The maximum atomic E-state index is 10.3. The summed E-state index contributed by atoms with van der Waals surface area (Å²) < 4.78 is 5.60. The highest BCUT2D eigenvalue weighted by Crippen LogP contribution is 2.37. The van der Waals surface area contributed by atoms with Gasteiger partial charge in [0.25, 0.3) is 0 Å². The molecule has 17 heavy (non-hydrogen) atoms. The van der Waals surface area contributed by atoms with Crippen molar-refractivity contribution in [2.75, 3.05) is 6.61 Å². The van der Waals surface area contributed by atoms with Gasteiger partial charge in [-0.1, -0.05) is 39.0 Å². The van der Waals surface area contributed by atoms with E-state index < -0.39 is 0 Å². The first-order chi connectivity index (χ1) is 7.97. The molecule has 94 valence electrons. The van der Waals surface area contributed by atoms with Crippen LogP contribution in [-0.4, -0.2) is 17.8 Å². The van der Waals surface area contributed by atoms with Gasteiger partial charge < -0.3 is 9.84 Å². The van der Waals surface area contributed by atoms with Crippen LogP contribution in [0.5, 0.6) is 5.75 Å². The Labute approximate surface area is 104 Å². The van der Waals surface area contributed by atoms with Crippen LogP contribution in [0, 0.1) is 5.41 Å². The summed E-state index contributed by atoms with van der Waals surface area (Å²) in [5.74, 6) is 1.08. The third-order valence-corrected chi connectivity index (χ3v) is 3.39. The largest absolute Gasteiger partial charge is 0.493 e. The van der Waals surface area contributed by atoms with Gasteiger partial charge in [0, 0.05) is 11.5 Å². The lowest BCUT2D eigenvalue weighted by atomic mass is 9.85. The summed E-state index contributed by atoms with van der Waals surface area (Å²) in [7, 11) is 0. The second-order valence-electron chi connectivity index (χ2n) is 6.12. The number of aliphatic hydroxyl groups excluding tert-OH is 1. The molecule has 0 spiro atoms. The van der Waals surface area contributed by atoms with E-state index in [0.717, 1.165) is 24.2 Å². The molecule has 1 aliphatic rings. The fourth-order valence-electron chi connectivity index (χ4n) is 2.29. The number of para-hydroxylation sites is 1. The molecule has 0 aliphatic carbocycles. The summed E-state index contributed by atoms with van der Waals surface area (Å²) in [6.45, 7) is 7.24. The lowest BCUT2D eigenvalue weighted by Gasteiger charge is -2.23. The quantitative estimate of drug-likeness (QED) is 0.869. The molecule has 0 aromatic heterocycles. The number of fused-ring (bicyclic) bond motifs is 1. The number of rotatable bonds is 3. The summed E-state index contributed by atoms with van der Waals surface area (Å²) in [5, 5.41) is 10.3. The maximum absolute atomic E-state index is 10.3. The second-order valence-corrected chi connectivity index (χ2v) is 6.12. The van der Waals surface area contributed by atoms with E-state index in [4.69, 9.17) is 4.74 Å². The van der Waals surface area contributed by atoms with E-state index in [1.54, 1.807) is 0 Å². The van der Waals surface area contributed by atoms with Crippen LogP contribution in [0.15, 0.2) is 24.3 Å². The Morgan fingerprint density at radius 2 is 2.06 bits per heavy atom. The number of hydrogen-bond acceptors (Lipinski definition) is 2. The fraction of sp³-hybridized carbons (Fsp3) is 0.600. The number of aliphatic hydroxyl groups is 1. The van der Waals surface area contributed by atoms with Gasteiger partial charge in [-0.3, -0.25) is 0 Å². The Kier molecular flexibility index (Phi) is 3.43. The van der Waals surface area contributed by atoms with Crippen molar-refractivity contribution in [3.05, 3.63) is 29.8 Å². The highest BCUT2D eigenvalue weighted by atomic mass is 16.5. The van der Waals surface area contributed by atoms with Crippen molar-refractivity contribution in [3.63, 3.8) is 0 Å². The van der Waals surface area contributed by atoms with Gasteiger partial charge in [0.05, 0.1) is 12.7 Å². The topological polar surface area (TPSA) is 29.5 Å². The SMILES string of the molecule is CC(C)(C)CCC(O)C1COc2ccccc21. The van der Waals surface area contributed by atoms with Crippen LogP contribution in [0.25, 0.3) is 0 Å². The molecular formula is C15H22O2. The molecule has 0 saturated carbocycles. The van der Waals surface area contributed by atoms with Gasteiger partial charge in [-0.15, -0.1) is 0 Å². The van der Waals surface area contributed by atoms with Crippen LogP contribution in [0.2, 0.25) is 0 Å². The normalized spacial score (nSPS) is 20.8. The highest BCUT2D eigenvalue weighted by Gasteiger charge is 2.30. The summed E-state index contributed by atoms with van der Waals surface area (Å²) in [6.07, 6.45) is 1.58. The third kappa shape index (κ3) is 3.01. The molecule has 2 nitrogen and oxygen atoms in total. The zero-order valence-corrected chi connectivity index (χ0v) is 10.9. The van der Waals surface area contributed by atoms with E-state index in [0.29, 0.717) is 6.61 Å². The Morgan fingerprint density at radius 1 is 1.35 bits per heavy atom. The molecule has 0 fully saturated rings. The highest BCUT2D eigenvalue weighted by molar-refractivity contribution is 5.40. The van der Waals surface area contributed by atoms with Crippen LogP contribution in [-0.2, 0) is 0 Å². The van der Waals surface area contributed by atoms with Gasteiger partial charge in [-0.25, -0.2) is 0 Å². The first kappa shape index (κ1) is 12.4. The van der Waals surface area contributed by atoms with E-state index in [1.165, 1.54) is 0 Å². The molecule has 0 amide bonds. The minimum Gasteiger partial charge on any atom is -0.493 e. The molecule has 1 aromatic carbocycles. The summed E-state index contributed by atoms with van der Waals surface area (Å²) >= 11 is 0. The molecule has 1 heterocycles. The molecule has 0 radical (unpaired) electrons. The van der Waals surface area contributed by atoms with Crippen molar-refractivity contribution >= 4 is 0 Å². The van der Waals surface area contributed by atoms with Crippen LogP contribution >= 0.6 is 0 Å². The number of hydrogen-bond donors (Lipinski definition) is 1. The zero-order valence-electron chi connectivity index (χ0n) is 10.9. The summed E-state index contributed by atoms with van der Waals surface area (Å²) in [4.78, 5) is 0. The van der Waals surface area contributed by atoms with Crippen LogP contribution < -0.4 is 4.74 Å². The minimum atomic E-state index is -0.294. The lowest BCUT2D eigenvalue weighted by molar-refractivity contribution is 0.107. The molecular weight excluding hydrogens is 212 g/mol. The average molecular weight is 234 g/mol. The average Bonchev–Trinajstić information content (AvgIpc) is 2.68. The monoisotopic (exact) mass is 234 g/mol. The Balaban J connectivity index is 2.00. The van der Waals surface area contributed by atoms with Crippen LogP contribution in [0.3, 0.4) is 0 Å². The standard InChI is InChI=1S/C15H22O2/c1-15(2,3)9-8-13(16)12-10-17-14-7-5-4-6-11(12)14/h4-7,12-13,16H,8-10H2,1-3H3. The predicted octanol–water partition coefficient (Wildman–Crippen LogP) is 3.35. The van der Waals surface area contributed by atoms with Gasteiger partial charge in [-0.05, 0) is 24.3 Å². The lowest BCUT2D eigenvalue weighted by Crippen LogP contribution is -2.22. The van der Waals surface area contributed by atoms with Crippen molar-refractivity contribution in [2.24, 2.45) is 5.41 Å². The molecule has 1 aliphatic heterocycles. The molecule has 2 atom stereocenters. The van der Waals surface area contributed by atoms with Gasteiger partial charge in [0.1, 0.15) is 5.75 Å². The Bertz CT molecular complexity index is 379. The molecule has 0 bridgehead atoms. The fourth-order valence-corrected chi connectivity index (χ4v) is 2.29. The van der Waals surface area contributed by atoms with E-state index in [1.807, 2.05) is 18.2 Å². The van der Waals surface area contributed by atoms with Crippen molar-refractivity contribution < 1.29 is 9.84 Å². The van der Waals surface area contributed by atoms with Gasteiger partial charge in [0.15, 0.2) is 0 Å². The van der Waals surface area contributed by atoms with Crippen LogP contribution in [0.4, 0.5) is 0 Å². The van der Waals surface area contributed by atoms with Crippen LogP contribution in [0.1, 0.15) is 45.1 Å². The molecule has 0 saturated heterocycles. The molecule has 1 aromatic rings. The van der Waals surface area contributed by atoms with E-state index in [-0.39, 0.29) is 17.4 Å². The summed E-state index contributed by atoms with van der Waals surface area (Å²) in [5.41, 5.74) is 1.44. The van der Waals surface area contributed by atoms with Crippen molar-refractivity contribution in [2.45, 2.75) is 45.6 Å². The maximum Gasteiger partial charge on any atom is 0.123 e. The number of benzene rings is 1. The summed E-state index contributed by atoms with van der Waals surface area (Å²) in [6, 6.07) is 8.03. The van der Waals surface area contributed by atoms with Gasteiger partial charge in [0.2, 0.25) is 0 Å². The molecule has 2 heteroatoms. The zero-order chi connectivity index (χ0) is 12.5. The second kappa shape index (κ2) is 4.69. The minimum absolute atomic E-state index is 0.147. The number of ether oxygens (including phenoxy) is 1. The smallest absolute Gasteiger partial charge is 0.123 e. The van der Waals surface area contributed by atoms with Gasteiger partial charge >= 0.3 is 0 Å². The van der Waals surface area contributed by atoms with E-state index in [9.17, 15) is 5.11 Å². The van der Waals surface area contributed by atoms with Crippen molar-refractivity contribution in [1.29, 1.82) is 0 Å². The Morgan fingerprint density at radius 3 is 2.76 bits per heavy atom. The van der Waals surface area contributed by atoms with Gasteiger partial charge in [-0.2, -0.15) is 0 Å². The Hall–Kier alpha value is -1.02. The first-order valence-corrected chi connectivity index (χ1v) is 6.37. The third-order valence-electron chi connectivity index (χ3n) is 3.39.